The van der Waals surface area contributed by atoms with Crippen molar-refractivity contribution in [1.29, 1.82) is 0 Å². The molecule has 0 saturated carbocycles. The molecule has 0 atom stereocenters. The molecule has 20 heavy (non-hydrogen) atoms. The van der Waals surface area contributed by atoms with Crippen molar-refractivity contribution in [1.82, 2.24) is 10.2 Å². The van der Waals surface area contributed by atoms with Crippen molar-refractivity contribution in [3.8, 4) is 0 Å². The van der Waals surface area contributed by atoms with Gasteiger partial charge in [-0.25, -0.2) is 0 Å². The highest BCUT2D eigenvalue weighted by Crippen LogP contribution is 2.25. The lowest BCUT2D eigenvalue weighted by molar-refractivity contribution is -0.137. The van der Waals surface area contributed by atoms with Crippen LogP contribution in [0.1, 0.15) is 52.4 Å². The standard InChI is InChI=1S/C16H30N2O.ClH/c1-13(2)3-4-14-7-11-18(12-8-14)16(19)15-5-9-17-10-6-15;/h13-15,17H,3-12H2,1-2H3;1H. The number of hydrogen-bond acceptors (Lipinski definition) is 2. The summed E-state index contributed by atoms with van der Waals surface area (Å²) in [4.78, 5) is 14.6. The van der Waals surface area contributed by atoms with Crippen LogP contribution in [0.2, 0.25) is 0 Å². The summed E-state index contributed by atoms with van der Waals surface area (Å²) in [7, 11) is 0. The van der Waals surface area contributed by atoms with Crippen molar-refractivity contribution in [2.75, 3.05) is 26.2 Å². The number of nitrogens with zero attached hydrogens (tertiary/aromatic N) is 1. The molecule has 2 saturated heterocycles. The smallest absolute Gasteiger partial charge is 0.225 e. The van der Waals surface area contributed by atoms with Crippen molar-refractivity contribution in [2.24, 2.45) is 17.8 Å². The zero-order valence-electron chi connectivity index (χ0n) is 13.1. The summed E-state index contributed by atoms with van der Waals surface area (Å²) in [6.07, 6.45) is 7.21. The molecule has 0 radical (unpaired) electrons. The first-order valence-electron chi connectivity index (χ1n) is 8.16. The van der Waals surface area contributed by atoms with E-state index in [-0.39, 0.29) is 12.4 Å². The van der Waals surface area contributed by atoms with E-state index in [1.807, 2.05) is 0 Å². The predicted molar refractivity (Wildman–Crippen MR) is 86.2 cm³/mol. The van der Waals surface area contributed by atoms with Crippen molar-refractivity contribution < 1.29 is 4.79 Å². The van der Waals surface area contributed by atoms with E-state index in [2.05, 4.69) is 24.1 Å². The second-order valence-electron chi connectivity index (χ2n) is 6.76. The average molecular weight is 303 g/mol. The molecular weight excluding hydrogens is 272 g/mol. The quantitative estimate of drug-likeness (QED) is 0.865. The van der Waals surface area contributed by atoms with E-state index in [4.69, 9.17) is 0 Å². The number of hydrogen-bond donors (Lipinski definition) is 1. The molecule has 1 N–H and O–H groups in total. The molecule has 2 heterocycles. The number of nitrogens with one attached hydrogen (secondary N) is 1. The van der Waals surface area contributed by atoms with Crippen LogP contribution >= 0.6 is 12.4 Å². The SMILES string of the molecule is CC(C)CCC1CCN(C(=O)C2CCNCC2)CC1.Cl. The Kier molecular flexibility index (Phi) is 7.90. The first kappa shape index (κ1) is 17.8. The van der Waals surface area contributed by atoms with E-state index in [0.717, 1.165) is 50.9 Å². The first-order chi connectivity index (χ1) is 9.16. The van der Waals surface area contributed by atoms with E-state index in [1.54, 1.807) is 0 Å². The topological polar surface area (TPSA) is 32.3 Å². The molecule has 3 nitrogen and oxygen atoms in total. The van der Waals surface area contributed by atoms with Gasteiger partial charge in [0, 0.05) is 19.0 Å². The van der Waals surface area contributed by atoms with Crippen LogP contribution in [0.15, 0.2) is 0 Å². The van der Waals surface area contributed by atoms with Crippen LogP contribution in [0.25, 0.3) is 0 Å². The molecular formula is C16H31ClN2O. The van der Waals surface area contributed by atoms with E-state index in [0.29, 0.717) is 11.8 Å². The third kappa shape index (κ3) is 5.25. The molecule has 2 aliphatic rings. The van der Waals surface area contributed by atoms with E-state index in [1.165, 1.54) is 25.7 Å². The lowest BCUT2D eigenvalue weighted by Gasteiger charge is -2.35. The molecule has 0 aromatic carbocycles. The highest BCUT2D eigenvalue weighted by molar-refractivity contribution is 5.85. The molecule has 2 rings (SSSR count). The molecule has 1 amide bonds. The second-order valence-corrected chi connectivity index (χ2v) is 6.76. The lowest BCUT2D eigenvalue weighted by Crippen LogP contribution is -2.44. The van der Waals surface area contributed by atoms with Gasteiger partial charge in [0.05, 0.1) is 0 Å². The van der Waals surface area contributed by atoms with Crippen molar-refractivity contribution in [2.45, 2.75) is 52.4 Å². The van der Waals surface area contributed by atoms with Crippen molar-refractivity contribution >= 4 is 18.3 Å². The predicted octanol–water partition coefficient (Wildman–Crippen LogP) is 3.08. The minimum atomic E-state index is 0. The van der Waals surface area contributed by atoms with Crippen LogP contribution in [-0.4, -0.2) is 37.0 Å². The first-order valence-corrected chi connectivity index (χ1v) is 8.16. The molecule has 0 aromatic heterocycles. The maximum atomic E-state index is 12.4. The van der Waals surface area contributed by atoms with Crippen LogP contribution in [0.3, 0.4) is 0 Å². The van der Waals surface area contributed by atoms with Crippen molar-refractivity contribution in [3.63, 3.8) is 0 Å². The van der Waals surface area contributed by atoms with Gasteiger partial charge in [0.2, 0.25) is 5.91 Å². The Bertz CT molecular complexity index is 282. The zero-order chi connectivity index (χ0) is 13.7. The van der Waals surface area contributed by atoms with Crippen LogP contribution < -0.4 is 5.32 Å². The van der Waals surface area contributed by atoms with E-state index < -0.39 is 0 Å². The van der Waals surface area contributed by atoms with Gasteiger partial charge in [0.15, 0.2) is 0 Å². The number of rotatable bonds is 4. The monoisotopic (exact) mass is 302 g/mol. The highest BCUT2D eigenvalue weighted by Gasteiger charge is 2.28. The Morgan fingerprint density at radius 3 is 2.30 bits per heavy atom. The van der Waals surface area contributed by atoms with Gasteiger partial charge in [0.25, 0.3) is 0 Å². The Morgan fingerprint density at radius 1 is 1.15 bits per heavy atom. The zero-order valence-corrected chi connectivity index (χ0v) is 13.9. The summed E-state index contributed by atoms with van der Waals surface area (Å²) < 4.78 is 0. The number of likely N-dealkylation sites (tertiary alicyclic amines) is 1. The fourth-order valence-electron chi connectivity index (χ4n) is 3.34. The van der Waals surface area contributed by atoms with Crippen LogP contribution in [0, 0.1) is 17.8 Å². The number of carbonyl (C=O) groups is 1. The maximum Gasteiger partial charge on any atom is 0.225 e. The van der Waals surface area contributed by atoms with Crippen LogP contribution in [-0.2, 0) is 4.79 Å². The molecule has 4 heteroatoms. The Hall–Kier alpha value is -0.280. The summed E-state index contributed by atoms with van der Waals surface area (Å²) in [5, 5.41) is 3.34. The summed E-state index contributed by atoms with van der Waals surface area (Å²) >= 11 is 0. The fourth-order valence-corrected chi connectivity index (χ4v) is 3.34. The van der Waals surface area contributed by atoms with Gasteiger partial charge in [-0.1, -0.05) is 26.7 Å². The highest BCUT2D eigenvalue weighted by atomic mass is 35.5. The molecule has 0 spiro atoms. The number of carbonyl (C=O) groups excluding carboxylic acids is 1. The number of halogens is 1. The Labute approximate surface area is 130 Å². The van der Waals surface area contributed by atoms with Gasteiger partial charge < -0.3 is 10.2 Å². The second kappa shape index (κ2) is 8.89. The van der Waals surface area contributed by atoms with Crippen LogP contribution in [0.4, 0.5) is 0 Å². The van der Waals surface area contributed by atoms with Crippen molar-refractivity contribution in [3.05, 3.63) is 0 Å². The van der Waals surface area contributed by atoms with Gasteiger partial charge in [-0.3, -0.25) is 4.79 Å². The van der Waals surface area contributed by atoms with Gasteiger partial charge in [0.1, 0.15) is 0 Å². The molecule has 2 fully saturated rings. The Morgan fingerprint density at radius 2 is 1.75 bits per heavy atom. The van der Waals surface area contributed by atoms with Gasteiger partial charge in [-0.15, -0.1) is 12.4 Å². The molecule has 118 valence electrons. The summed E-state index contributed by atoms with van der Waals surface area (Å²) in [6.45, 7) is 8.64. The molecule has 0 bridgehead atoms. The fraction of sp³-hybridized carbons (Fsp3) is 0.938. The molecule has 0 aromatic rings. The van der Waals surface area contributed by atoms with E-state index in [9.17, 15) is 4.79 Å². The van der Waals surface area contributed by atoms with E-state index >= 15 is 0 Å². The Balaban J connectivity index is 0.00000200. The van der Waals surface area contributed by atoms with Crippen LogP contribution in [0.5, 0.6) is 0 Å². The van der Waals surface area contributed by atoms with Gasteiger partial charge in [-0.05, 0) is 50.6 Å². The lowest BCUT2D eigenvalue weighted by atomic mass is 9.88. The minimum Gasteiger partial charge on any atom is -0.342 e. The summed E-state index contributed by atoms with van der Waals surface area (Å²) in [5.74, 6) is 2.41. The largest absolute Gasteiger partial charge is 0.342 e. The number of piperidine rings is 2. The van der Waals surface area contributed by atoms with Gasteiger partial charge in [-0.2, -0.15) is 0 Å². The summed E-state index contributed by atoms with van der Waals surface area (Å²) in [5.41, 5.74) is 0. The molecule has 0 unspecified atom stereocenters. The minimum absolute atomic E-state index is 0. The third-order valence-corrected chi connectivity index (χ3v) is 4.77. The third-order valence-electron chi connectivity index (χ3n) is 4.77. The average Bonchev–Trinajstić information content (AvgIpc) is 2.46. The summed E-state index contributed by atoms with van der Waals surface area (Å²) in [6, 6.07) is 0. The molecule has 2 aliphatic heterocycles. The molecule has 0 aliphatic carbocycles. The maximum absolute atomic E-state index is 12.4. The van der Waals surface area contributed by atoms with Gasteiger partial charge >= 0.3 is 0 Å². The number of amides is 1. The normalized spacial score (nSPS) is 21.9.